The number of carbonyl (C=O) groups excluding carboxylic acids is 1. The van der Waals surface area contributed by atoms with Crippen molar-refractivity contribution in [3.05, 3.63) is 53.1 Å². The van der Waals surface area contributed by atoms with Crippen LogP contribution in [0.2, 0.25) is 5.02 Å². The van der Waals surface area contributed by atoms with E-state index in [0.717, 1.165) is 0 Å². The molecule has 0 N–H and O–H groups in total. The number of para-hydroxylation sites is 1. The van der Waals surface area contributed by atoms with E-state index >= 15 is 0 Å². The lowest BCUT2D eigenvalue weighted by Crippen LogP contribution is -2.55. The van der Waals surface area contributed by atoms with Crippen molar-refractivity contribution in [2.75, 3.05) is 39.8 Å². The molecule has 37 heavy (non-hydrogen) atoms. The Morgan fingerprint density at radius 2 is 1.73 bits per heavy atom. The normalized spacial score (nSPS) is 18.3. The lowest BCUT2D eigenvalue weighted by molar-refractivity contribution is -0.188. The zero-order valence-corrected chi connectivity index (χ0v) is 20.4. The topological polar surface area (TPSA) is 48.4 Å². The molecule has 2 heterocycles. The van der Waals surface area contributed by atoms with Crippen LogP contribution >= 0.6 is 11.6 Å². The number of rotatable bonds is 4. The van der Waals surface area contributed by atoms with E-state index in [1.807, 2.05) is 4.90 Å². The first-order valence-electron chi connectivity index (χ1n) is 11.3. The molecule has 2 aliphatic rings. The van der Waals surface area contributed by atoms with E-state index in [0.29, 0.717) is 46.7 Å². The third-order valence-electron chi connectivity index (χ3n) is 6.08. The molecule has 0 unspecified atom stereocenters. The number of likely N-dealkylation sites (N-methyl/N-ethyl adjacent to an activating group) is 1. The maximum atomic E-state index is 12.9. The summed E-state index contributed by atoms with van der Waals surface area (Å²) in [5.74, 6) is 0.277. The minimum Gasteiger partial charge on any atom is -0.454 e. The van der Waals surface area contributed by atoms with Gasteiger partial charge in [0, 0.05) is 37.1 Å². The minimum absolute atomic E-state index is 0.150. The summed E-state index contributed by atoms with van der Waals surface area (Å²) in [6, 6.07) is 11.5. The summed E-state index contributed by atoms with van der Waals surface area (Å²) >= 11 is 6.15. The van der Waals surface area contributed by atoms with Crippen LogP contribution in [0.25, 0.3) is 0 Å². The van der Waals surface area contributed by atoms with Gasteiger partial charge in [0.25, 0.3) is 0 Å². The van der Waals surface area contributed by atoms with Crippen LogP contribution in [-0.2, 0) is 4.79 Å². The molecule has 0 saturated carbocycles. The average Bonchev–Trinajstić information content (AvgIpc) is 2.95. The number of aliphatic imine (C=N–C) groups is 1. The summed E-state index contributed by atoms with van der Waals surface area (Å²) in [6.45, 7) is -2.93. The Morgan fingerprint density at radius 3 is 2.41 bits per heavy atom. The van der Waals surface area contributed by atoms with Crippen LogP contribution in [0, 0.1) is 0 Å². The molecule has 2 aliphatic heterocycles. The van der Waals surface area contributed by atoms with Crippen LogP contribution in [0.1, 0.15) is 12.0 Å². The number of amidine groups is 1. The van der Waals surface area contributed by atoms with Gasteiger partial charge < -0.3 is 14.5 Å². The molecule has 1 amide bonds. The Hall–Kier alpha value is -2.99. The van der Waals surface area contributed by atoms with Crippen LogP contribution in [0.3, 0.4) is 0 Å². The lowest BCUT2D eigenvalue weighted by Gasteiger charge is -2.41. The summed E-state index contributed by atoms with van der Waals surface area (Å²) in [5.41, 5.74) is 1.12. The molecule has 1 fully saturated rings. The van der Waals surface area contributed by atoms with Gasteiger partial charge in [-0.25, -0.2) is 4.99 Å². The number of piperazine rings is 1. The average molecular weight is 549 g/mol. The Labute approximate surface area is 214 Å². The molecular weight excluding hydrogens is 526 g/mol. The highest BCUT2D eigenvalue weighted by atomic mass is 35.5. The SMILES string of the molecule is CN1CCN(C2=Nc3cc(Cl)ccc3Oc3ccccc32)C[C@@H]1CC(=O)N(CC(F)(F)F)CC(F)(F)F. The van der Waals surface area contributed by atoms with Gasteiger partial charge in [-0.1, -0.05) is 23.7 Å². The predicted molar refractivity (Wildman–Crippen MR) is 125 cm³/mol. The van der Waals surface area contributed by atoms with E-state index in [-0.39, 0.29) is 11.4 Å². The van der Waals surface area contributed by atoms with E-state index in [9.17, 15) is 31.1 Å². The predicted octanol–water partition coefficient (Wildman–Crippen LogP) is 5.48. The number of ether oxygens (including phenoxy) is 1. The van der Waals surface area contributed by atoms with E-state index in [1.165, 1.54) is 0 Å². The van der Waals surface area contributed by atoms with Crippen LogP contribution < -0.4 is 4.74 Å². The minimum atomic E-state index is -4.96. The monoisotopic (exact) mass is 548 g/mol. The number of hydrogen-bond donors (Lipinski definition) is 0. The van der Waals surface area contributed by atoms with Crippen molar-refractivity contribution >= 4 is 29.0 Å². The summed E-state index contributed by atoms with van der Waals surface area (Å²) in [7, 11) is 1.67. The Morgan fingerprint density at radius 1 is 1.05 bits per heavy atom. The van der Waals surface area contributed by atoms with Crippen molar-refractivity contribution in [2.45, 2.75) is 24.8 Å². The van der Waals surface area contributed by atoms with Crippen LogP contribution in [0.5, 0.6) is 11.5 Å². The van der Waals surface area contributed by atoms with Gasteiger partial charge in [-0.05, 0) is 37.4 Å². The summed E-state index contributed by atoms with van der Waals surface area (Å²) in [4.78, 5) is 20.8. The third kappa shape index (κ3) is 6.86. The van der Waals surface area contributed by atoms with Crippen molar-refractivity contribution in [1.82, 2.24) is 14.7 Å². The second-order valence-corrected chi connectivity index (χ2v) is 9.35. The first kappa shape index (κ1) is 27.1. The van der Waals surface area contributed by atoms with Crippen molar-refractivity contribution in [3.63, 3.8) is 0 Å². The molecule has 0 bridgehead atoms. The molecule has 2 aromatic rings. The number of carbonyl (C=O) groups is 1. The van der Waals surface area contributed by atoms with Gasteiger partial charge in [-0.15, -0.1) is 0 Å². The lowest BCUT2D eigenvalue weighted by atomic mass is 10.1. The first-order valence-corrected chi connectivity index (χ1v) is 11.7. The largest absolute Gasteiger partial charge is 0.454 e. The molecule has 6 nitrogen and oxygen atoms in total. The second kappa shape index (κ2) is 10.4. The molecule has 4 rings (SSSR count). The smallest absolute Gasteiger partial charge is 0.406 e. The van der Waals surface area contributed by atoms with Crippen LogP contribution in [0.15, 0.2) is 47.5 Å². The van der Waals surface area contributed by atoms with Crippen molar-refractivity contribution < 1.29 is 35.9 Å². The fourth-order valence-electron chi connectivity index (χ4n) is 4.29. The second-order valence-electron chi connectivity index (χ2n) is 8.91. The summed E-state index contributed by atoms with van der Waals surface area (Å²) < 4.78 is 83.5. The van der Waals surface area contributed by atoms with Crippen molar-refractivity contribution in [1.29, 1.82) is 0 Å². The van der Waals surface area contributed by atoms with Gasteiger partial charge in [0.15, 0.2) is 5.75 Å². The van der Waals surface area contributed by atoms with Crippen molar-refractivity contribution in [3.8, 4) is 11.5 Å². The van der Waals surface area contributed by atoms with E-state index in [2.05, 4.69) is 0 Å². The highest BCUT2D eigenvalue weighted by Crippen LogP contribution is 2.39. The Balaban J connectivity index is 1.60. The van der Waals surface area contributed by atoms with Gasteiger partial charge in [0.2, 0.25) is 5.91 Å². The van der Waals surface area contributed by atoms with Gasteiger partial charge >= 0.3 is 12.4 Å². The fraction of sp³-hybridized carbons (Fsp3) is 0.417. The summed E-state index contributed by atoms with van der Waals surface area (Å²) in [5, 5.41) is 0.438. The molecule has 1 atom stereocenters. The highest BCUT2D eigenvalue weighted by molar-refractivity contribution is 6.31. The zero-order valence-electron chi connectivity index (χ0n) is 19.6. The van der Waals surface area contributed by atoms with Gasteiger partial charge in [-0.2, -0.15) is 26.3 Å². The number of hydrogen-bond acceptors (Lipinski definition) is 5. The van der Waals surface area contributed by atoms with Gasteiger partial charge in [0.05, 0.1) is 5.56 Å². The van der Waals surface area contributed by atoms with Gasteiger partial charge in [0.1, 0.15) is 30.4 Å². The molecular formula is C24H23ClF6N4O2. The summed E-state index contributed by atoms with van der Waals surface area (Å²) in [6.07, 6.45) is -10.4. The molecule has 13 heteroatoms. The molecule has 200 valence electrons. The highest BCUT2D eigenvalue weighted by Gasteiger charge is 2.41. The van der Waals surface area contributed by atoms with Gasteiger partial charge in [-0.3, -0.25) is 9.69 Å². The maximum Gasteiger partial charge on any atom is 0.406 e. The van der Waals surface area contributed by atoms with Crippen LogP contribution in [-0.4, -0.2) is 84.6 Å². The third-order valence-corrected chi connectivity index (χ3v) is 6.31. The first-order chi connectivity index (χ1) is 17.3. The van der Waals surface area contributed by atoms with E-state index in [1.54, 1.807) is 54.4 Å². The molecule has 0 spiro atoms. The number of nitrogens with zero attached hydrogens (tertiary/aromatic N) is 4. The molecule has 1 saturated heterocycles. The van der Waals surface area contributed by atoms with E-state index < -0.39 is 43.8 Å². The number of alkyl halides is 6. The molecule has 2 aromatic carbocycles. The van der Waals surface area contributed by atoms with Crippen molar-refractivity contribution in [2.24, 2.45) is 4.99 Å². The maximum absolute atomic E-state index is 12.9. The molecule has 0 radical (unpaired) electrons. The molecule has 0 aliphatic carbocycles. The van der Waals surface area contributed by atoms with Crippen LogP contribution in [0.4, 0.5) is 32.0 Å². The fourth-order valence-corrected chi connectivity index (χ4v) is 4.46. The number of benzene rings is 2. The molecule has 0 aromatic heterocycles. The Kier molecular flexibility index (Phi) is 7.61. The number of halogens is 7. The van der Waals surface area contributed by atoms with E-state index in [4.69, 9.17) is 21.3 Å². The zero-order chi connectivity index (χ0) is 27.0. The Bertz CT molecular complexity index is 1170. The quantitative estimate of drug-likeness (QED) is 0.475. The number of fused-ring (bicyclic) bond motifs is 2. The standard InChI is InChI=1S/C24H23ClF6N4O2/c1-33-8-9-34(12-16(33)11-21(36)35(13-23(26,27)28)14-24(29,30)31)22-17-4-2-3-5-19(17)37-20-7-6-15(25)10-18(20)32-22/h2-7,10,16H,8-9,11-14H2,1H3/t16-/m0/s1. The number of amides is 1.